The number of halogens is 1. The van der Waals surface area contributed by atoms with E-state index in [1.165, 1.54) is 0 Å². The highest BCUT2D eigenvalue weighted by Crippen LogP contribution is 2.23. The summed E-state index contributed by atoms with van der Waals surface area (Å²) >= 11 is 5.05. The molecule has 0 fully saturated rings. The van der Waals surface area contributed by atoms with Crippen molar-refractivity contribution in [1.82, 2.24) is 10.0 Å². The molecular formula is C14H23BrN2O2S2. The van der Waals surface area contributed by atoms with Crippen LogP contribution in [0.25, 0.3) is 0 Å². The van der Waals surface area contributed by atoms with Crippen molar-refractivity contribution >= 4 is 37.7 Å². The van der Waals surface area contributed by atoms with Gasteiger partial charge < -0.3 is 5.32 Å². The van der Waals surface area contributed by atoms with E-state index < -0.39 is 10.0 Å². The Morgan fingerprint density at radius 1 is 1.38 bits per heavy atom. The van der Waals surface area contributed by atoms with E-state index in [0.29, 0.717) is 15.9 Å². The quantitative estimate of drug-likeness (QED) is 0.675. The first kappa shape index (κ1) is 19.0. The van der Waals surface area contributed by atoms with Gasteiger partial charge in [0.05, 0.1) is 4.90 Å². The van der Waals surface area contributed by atoms with Crippen LogP contribution in [0.5, 0.6) is 0 Å². The van der Waals surface area contributed by atoms with Gasteiger partial charge >= 0.3 is 0 Å². The summed E-state index contributed by atoms with van der Waals surface area (Å²) in [5.41, 5.74) is 0.956. The lowest BCUT2D eigenvalue weighted by atomic mass is 10.2. The summed E-state index contributed by atoms with van der Waals surface area (Å²) in [7, 11) is -3.50. The summed E-state index contributed by atoms with van der Waals surface area (Å²) in [6.45, 7) is 5.42. The molecule has 120 valence electrons. The minimum atomic E-state index is -3.50. The molecule has 0 spiro atoms. The zero-order valence-electron chi connectivity index (χ0n) is 12.6. The Morgan fingerprint density at radius 2 is 2.10 bits per heavy atom. The molecule has 7 heteroatoms. The summed E-state index contributed by atoms with van der Waals surface area (Å²) < 4.78 is 28.3. The van der Waals surface area contributed by atoms with E-state index in [1.807, 2.05) is 26.2 Å². The lowest BCUT2D eigenvalue weighted by molar-refractivity contribution is 0.556. The smallest absolute Gasteiger partial charge is 0.241 e. The summed E-state index contributed by atoms with van der Waals surface area (Å²) in [6, 6.07) is 5.35. The van der Waals surface area contributed by atoms with Gasteiger partial charge in [0.15, 0.2) is 0 Å². The third-order valence-corrected chi connectivity index (χ3v) is 6.20. The number of rotatable bonds is 9. The maximum Gasteiger partial charge on any atom is 0.241 e. The third-order valence-electron chi connectivity index (χ3n) is 2.98. The van der Waals surface area contributed by atoms with Crippen LogP contribution >= 0.6 is 27.7 Å². The van der Waals surface area contributed by atoms with Crippen LogP contribution in [0.3, 0.4) is 0 Å². The van der Waals surface area contributed by atoms with E-state index in [9.17, 15) is 8.42 Å². The molecule has 0 bridgehead atoms. The molecule has 0 aliphatic heterocycles. The summed E-state index contributed by atoms with van der Waals surface area (Å²) in [4.78, 5) is 0.300. The molecule has 1 atom stereocenters. The summed E-state index contributed by atoms with van der Waals surface area (Å²) in [5.74, 6) is 0.936. The topological polar surface area (TPSA) is 58.2 Å². The molecule has 21 heavy (non-hydrogen) atoms. The van der Waals surface area contributed by atoms with Crippen LogP contribution in [0.1, 0.15) is 25.8 Å². The van der Waals surface area contributed by atoms with Crippen molar-refractivity contribution in [3.8, 4) is 0 Å². The zero-order valence-corrected chi connectivity index (χ0v) is 15.9. The predicted molar refractivity (Wildman–Crippen MR) is 94.3 cm³/mol. The van der Waals surface area contributed by atoms with Crippen LogP contribution in [0.15, 0.2) is 27.6 Å². The maximum atomic E-state index is 12.5. The fourth-order valence-corrected chi connectivity index (χ4v) is 4.70. The van der Waals surface area contributed by atoms with E-state index in [-0.39, 0.29) is 6.04 Å². The molecule has 1 aromatic carbocycles. The zero-order chi connectivity index (χ0) is 15.9. The van der Waals surface area contributed by atoms with Gasteiger partial charge in [-0.1, -0.05) is 13.0 Å². The largest absolute Gasteiger partial charge is 0.313 e. The summed E-state index contributed by atoms with van der Waals surface area (Å²) in [5, 5.41) is 3.20. The van der Waals surface area contributed by atoms with Gasteiger partial charge in [0.2, 0.25) is 10.0 Å². The lowest BCUT2D eigenvalue weighted by Crippen LogP contribution is -2.33. The van der Waals surface area contributed by atoms with Gasteiger partial charge in [-0.2, -0.15) is 11.8 Å². The number of nitrogens with one attached hydrogen (secondary N) is 2. The highest BCUT2D eigenvalue weighted by Gasteiger charge is 2.20. The van der Waals surface area contributed by atoms with Gasteiger partial charge in [0.1, 0.15) is 0 Å². The normalized spacial score (nSPS) is 13.3. The SMILES string of the molecule is CCNCc1ccc(Br)c(S(=O)(=O)NC(C)CCSC)c1. The predicted octanol–water partition coefficient (Wildman–Crippen LogP) is 2.98. The monoisotopic (exact) mass is 394 g/mol. The Balaban J connectivity index is 2.90. The molecule has 0 aliphatic rings. The van der Waals surface area contributed by atoms with Crippen LogP contribution in [-0.4, -0.2) is 33.0 Å². The van der Waals surface area contributed by atoms with Crippen LogP contribution < -0.4 is 10.0 Å². The third kappa shape index (κ3) is 6.28. The van der Waals surface area contributed by atoms with E-state index in [4.69, 9.17) is 0 Å². The van der Waals surface area contributed by atoms with Crippen molar-refractivity contribution in [2.75, 3.05) is 18.6 Å². The minimum absolute atomic E-state index is 0.0771. The van der Waals surface area contributed by atoms with Crippen LogP contribution in [0, 0.1) is 0 Å². The van der Waals surface area contributed by atoms with E-state index in [2.05, 4.69) is 26.0 Å². The van der Waals surface area contributed by atoms with Crippen molar-refractivity contribution in [3.63, 3.8) is 0 Å². The average molecular weight is 395 g/mol. The number of hydrogen-bond donors (Lipinski definition) is 2. The first-order chi connectivity index (χ1) is 9.90. The highest BCUT2D eigenvalue weighted by molar-refractivity contribution is 9.10. The molecule has 0 aliphatic carbocycles. The maximum absolute atomic E-state index is 12.5. The Bertz CT molecular complexity index is 550. The molecule has 0 heterocycles. The van der Waals surface area contributed by atoms with Crippen molar-refractivity contribution in [3.05, 3.63) is 28.2 Å². The second-order valence-corrected chi connectivity index (χ2v) is 8.37. The van der Waals surface area contributed by atoms with Crippen LogP contribution in [0.2, 0.25) is 0 Å². The molecule has 0 radical (unpaired) electrons. The Labute approximate surface area is 140 Å². The molecule has 0 aromatic heterocycles. The molecule has 1 aromatic rings. The van der Waals surface area contributed by atoms with Crippen molar-refractivity contribution < 1.29 is 8.42 Å². The fraction of sp³-hybridized carbons (Fsp3) is 0.571. The molecule has 4 nitrogen and oxygen atoms in total. The first-order valence-corrected chi connectivity index (χ1v) is 10.6. The number of sulfonamides is 1. The Hall–Kier alpha value is -0.0800. The van der Waals surface area contributed by atoms with Gasteiger partial charge in [-0.15, -0.1) is 0 Å². The molecule has 0 saturated heterocycles. The minimum Gasteiger partial charge on any atom is -0.313 e. The number of hydrogen-bond acceptors (Lipinski definition) is 4. The van der Waals surface area contributed by atoms with Gasteiger partial charge in [-0.05, 0) is 65.5 Å². The molecule has 1 unspecified atom stereocenters. The molecule has 1 rings (SSSR count). The number of benzene rings is 1. The van der Waals surface area contributed by atoms with Crippen LogP contribution in [-0.2, 0) is 16.6 Å². The Morgan fingerprint density at radius 3 is 2.71 bits per heavy atom. The van der Waals surface area contributed by atoms with Gasteiger partial charge in [0, 0.05) is 17.1 Å². The van der Waals surface area contributed by atoms with Crippen LogP contribution in [0.4, 0.5) is 0 Å². The van der Waals surface area contributed by atoms with Crippen molar-refractivity contribution in [2.45, 2.75) is 37.8 Å². The van der Waals surface area contributed by atoms with Gasteiger partial charge in [0.25, 0.3) is 0 Å². The van der Waals surface area contributed by atoms with Gasteiger partial charge in [-0.25, -0.2) is 13.1 Å². The average Bonchev–Trinajstić information content (AvgIpc) is 2.43. The molecule has 0 saturated carbocycles. The van der Waals surface area contributed by atoms with Crippen molar-refractivity contribution in [2.24, 2.45) is 0 Å². The van der Waals surface area contributed by atoms with E-state index in [1.54, 1.807) is 23.9 Å². The second-order valence-electron chi connectivity index (χ2n) is 4.85. The molecular weight excluding hydrogens is 372 g/mol. The second kappa shape index (κ2) is 9.15. The van der Waals surface area contributed by atoms with E-state index >= 15 is 0 Å². The van der Waals surface area contributed by atoms with Gasteiger partial charge in [-0.3, -0.25) is 0 Å². The molecule has 0 amide bonds. The highest BCUT2D eigenvalue weighted by atomic mass is 79.9. The molecule has 2 N–H and O–H groups in total. The fourth-order valence-electron chi connectivity index (χ4n) is 1.81. The first-order valence-electron chi connectivity index (χ1n) is 6.91. The Kier molecular flexibility index (Phi) is 8.26. The van der Waals surface area contributed by atoms with Crippen molar-refractivity contribution in [1.29, 1.82) is 0 Å². The van der Waals surface area contributed by atoms with E-state index in [0.717, 1.165) is 24.3 Å². The lowest BCUT2D eigenvalue weighted by Gasteiger charge is -2.15. The number of thioether (sulfide) groups is 1. The standard InChI is InChI=1S/C14H23BrN2O2S2/c1-4-16-10-12-5-6-13(15)14(9-12)21(18,19)17-11(2)7-8-20-3/h5-6,9,11,16-17H,4,7-8,10H2,1-3H3. The summed E-state index contributed by atoms with van der Waals surface area (Å²) in [6.07, 6.45) is 2.83.